The Balaban J connectivity index is 1.52. The summed E-state index contributed by atoms with van der Waals surface area (Å²) < 4.78 is 5.02. The van der Waals surface area contributed by atoms with E-state index in [1.807, 2.05) is 30.0 Å². The van der Waals surface area contributed by atoms with Gasteiger partial charge in [0.15, 0.2) is 0 Å². The van der Waals surface area contributed by atoms with E-state index in [0.29, 0.717) is 18.9 Å². The molecule has 0 spiro atoms. The lowest BCUT2D eigenvalue weighted by molar-refractivity contribution is -0.144. The van der Waals surface area contributed by atoms with E-state index in [2.05, 4.69) is 18.2 Å². The highest BCUT2D eigenvalue weighted by Gasteiger charge is 2.31. The van der Waals surface area contributed by atoms with Crippen LogP contribution in [0.15, 0.2) is 36.4 Å². The first-order chi connectivity index (χ1) is 12.2. The first-order valence-electron chi connectivity index (χ1n) is 9.01. The molecule has 1 unspecified atom stereocenters. The molecule has 3 rings (SSSR count). The SMILES string of the molecule is CCOC(=O)CC1CCN(C(=O)C2C=C(c3ccccc3)SC2)CC1. The van der Waals surface area contributed by atoms with Crippen LogP contribution >= 0.6 is 11.8 Å². The van der Waals surface area contributed by atoms with Crippen LogP contribution in [-0.4, -0.2) is 42.2 Å². The fourth-order valence-corrected chi connectivity index (χ4v) is 4.59. The molecule has 5 heteroatoms. The van der Waals surface area contributed by atoms with Gasteiger partial charge in [-0.15, -0.1) is 11.8 Å². The Morgan fingerprint density at radius 1 is 1.20 bits per heavy atom. The second-order valence-corrected chi connectivity index (χ2v) is 7.65. The Morgan fingerprint density at radius 3 is 2.60 bits per heavy atom. The lowest BCUT2D eigenvalue weighted by Gasteiger charge is -2.32. The predicted octanol–water partition coefficient (Wildman–Crippen LogP) is 3.58. The summed E-state index contributed by atoms with van der Waals surface area (Å²) in [6, 6.07) is 10.2. The maximum Gasteiger partial charge on any atom is 0.306 e. The molecule has 2 aliphatic rings. The van der Waals surface area contributed by atoms with Gasteiger partial charge in [-0.3, -0.25) is 9.59 Å². The molecule has 0 bridgehead atoms. The number of rotatable bonds is 5. The van der Waals surface area contributed by atoms with Crippen molar-refractivity contribution >= 4 is 28.5 Å². The first-order valence-corrected chi connectivity index (χ1v) is 10.0. The Kier molecular flexibility index (Phi) is 6.19. The molecule has 0 aromatic heterocycles. The van der Waals surface area contributed by atoms with Crippen LogP contribution in [-0.2, 0) is 14.3 Å². The number of hydrogen-bond donors (Lipinski definition) is 0. The van der Waals surface area contributed by atoms with E-state index in [-0.39, 0.29) is 17.8 Å². The van der Waals surface area contributed by atoms with Gasteiger partial charge in [0.1, 0.15) is 0 Å². The summed E-state index contributed by atoms with van der Waals surface area (Å²) in [5, 5.41) is 0. The van der Waals surface area contributed by atoms with Crippen LogP contribution in [0.4, 0.5) is 0 Å². The summed E-state index contributed by atoms with van der Waals surface area (Å²) in [6.45, 7) is 3.76. The van der Waals surface area contributed by atoms with Crippen molar-refractivity contribution in [1.29, 1.82) is 0 Å². The fraction of sp³-hybridized carbons (Fsp3) is 0.500. The number of benzene rings is 1. The van der Waals surface area contributed by atoms with Crippen molar-refractivity contribution in [2.45, 2.75) is 26.2 Å². The van der Waals surface area contributed by atoms with Crippen LogP contribution in [0.25, 0.3) is 4.91 Å². The average molecular weight is 359 g/mol. The van der Waals surface area contributed by atoms with Crippen molar-refractivity contribution in [3.05, 3.63) is 42.0 Å². The maximum atomic E-state index is 12.8. The number of thioether (sulfide) groups is 1. The predicted molar refractivity (Wildman–Crippen MR) is 101 cm³/mol. The van der Waals surface area contributed by atoms with E-state index in [0.717, 1.165) is 31.7 Å². The van der Waals surface area contributed by atoms with Crippen molar-refractivity contribution in [1.82, 2.24) is 4.90 Å². The highest BCUT2D eigenvalue weighted by atomic mass is 32.2. The number of carbonyl (C=O) groups is 2. The maximum absolute atomic E-state index is 12.8. The van der Waals surface area contributed by atoms with Gasteiger partial charge in [-0.1, -0.05) is 36.4 Å². The van der Waals surface area contributed by atoms with Gasteiger partial charge >= 0.3 is 5.97 Å². The minimum Gasteiger partial charge on any atom is -0.466 e. The third-order valence-corrected chi connectivity index (χ3v) is 6.04. The molecular weight excluding hydrogens is 334 g/mol. The Labute approximate surface area is 153 Å². The van der Waals surface area contributed by atoms with Crippen LogP contribution < -0.4 is 0 Å². The molecule has 1 aromatic rings. The second kappa shape index (κ2) is 8.56. The molecule has 1 fully saturated rings. The molecule has 0 saturated carbocycles. The lowest BCUT2D eigenvalue weighted by atomic mass is 9.93. The zero-order valence-electron chi connectivity index (χ0n) is 14.6. The molecule has 4 nitrogen and oxygen atoms in total. The summed E-state index contributed by atoms with van der Waals surface area (Å²) in [5.41, 5.74) is 1.19. The minimum absolute atomic E-state index is 0.0261. The van der Waals surface area contributed by atoms with Crippen LogP contribution in [0.3, 0.4) is 0 Å². The molecule has 2 aliphatic heterocycles. The van der Waals surface area contributed by atoms with Crippen molar-refractivity contribution in [3.63, 3.8) is 0 Å². The minimum atomic E-state index is -0.116. The van der Waals surface area contributed by atoms with Crippen LogP contribution in [0, 0.1) is 11.8 Å². The molecule has 0 N–H and O–H groups in total. The molecule has 25 heavy (non-hydrogen) atoms. The molecule has 0 radical (unpaired) electrons. The average Bonchev–Trinajstić information content (AvgIpc) is 3.13. The topological polar surface area (TPSA) is 46.6 Å². The smallest absolute Gasteiger partial charge is 0.306 e. The van der Waals surface area contributed by atoms with Gasteiger partial charge in [0, 0.05) is 30.2 Å². The zero-order valence-corrected chi connectivity index (χ0v) is 15.5. The summed E-state index contributed by atoms with van der Waals surface area (Å²) in [4.78, 5) is 27.6. The van der Waals surface area contributed by atoms with Crippen molar-refractivity contribution < 1.29 is 14.3 Å². The highest BCUT2D eigenvalue weighted by molar-refractivity contribution is 8.08. The lowest BCUT2D eigenvalue weighted by Crippen LogP contribution is -2.42. The Bertz CT molecular complexity index is 636. The number of likely N-dealkylation sites (tertiary alicyclic amines) is 1. The standard InChI is InChI=1S/C20H25NO3S/c1-2-24-19(22)12-15-8-10-21(11-9-15)20(23)17-13-18(25-14-17)16-6-4-3-5-7-16/h3-7,13,15,17H,2,8-12,14H2,1H3. The van der Waals surface area contributed by atoms with Gasteiger partial charge in [0.25, 0.3) is 0 Å². The fourth-order valence-electron chi connectivity index (χ4n) is 3.43. The van der Waals surface area contributed by atoms with Gasteiger partial charge < -0.3 is 9.64 Å². The number of ether oxygens (including phenoxy) is 1. The van der Waals surface area contributed by atoms with Crippen LogP contribution in [0.1, 0.15) is 31.7 Å². The number of carbonyl (C=O) groups excluding carboxylic acids is 2. The monoisotopic (exact) mass is 359 g/mol. The summed E-state index contributed by atoms with van der Waals surface area (Å²) >= 11 is 1.76. The molecule has 1 aromatic carbocycles. The highest BCUT2D eigenvalue weighted by Crippen LogP contribution is 2.37. The molecule has 2 heterocycles. The molecule has 1 atom stereocenters. The van der Waals surface area contributed by atoms with Gasteiger partial charge in [-0.2, -0.15) is 0 Å². The van der Waals surface area contributed by atoms with Crippen LogP contribution in [0.2, 0.25) is 0 Å². The number of esters is 1. The van der Waals surface area contributed by atoms with Gasteiger partial charge in [0.05, 0.1) is 12.5 Å². The van der Waals surface area contributed by atoms with Gasteiger partial charge in [-0.05, 0) is 31.2 Å². The Hall–Kier alpha value is -1.75. The quantitative estimate of drug-likeness (QED) is 0.754. The number of hydrogen-bond acceptors (Lipinski definition) is 4. The molecule has 134 valence electrons. The summed E-state index contributed by atoms with van der Waals surface area (Å²) in [7, 11) is 0. The van der Waals surface area contributed by atoms with E-state index in [4.69, 9.17) is 4.74 Å². The van der Waals surface area contributed by atoms with E-state index in [9.17, 15) is 9.59 Å². The van der Waals surface area contributed by atoms with Crippen LogP contribution in [0.5, 0.6) is 0 Å². The van der Waals surface area contributed by atoms with E-state index in [1.165, 1.54) is 10.5 Å². The first kappa shape index (κ1) is 18.1. The molecular formula is C20H25NO3S. The van der Waals surface area contributed by atoms with E-state index >= 15 is 0 Å². The summed E-state index contributed by atoms with van der Waals surface area (Å²) in [5.74, 6) is 1.26. The van der Waals surface area contributed by atoms with Gasteiger partial charge in [0.2, 0.25) is 5.91 Å². The number of amides is 1. The Morgan fingerprint density at radius 2 is 1.92 bits per heavy atom. The number of piperidine rings is 1. The van der Waals surface area contributed by atoms with Gasteiger partial charge in [-0.25, -0.2) is 0 Å². The van der Waals surface area contributed by atoms with Crippen molar-refractivity contribution in [2.24, 2.45) is 11.8 Å². The van der Waals surface area contributed by atoms with Crippen molar-refractivity contribution in [2.75, 3.05) is 25.4 Å². The molecule has 0 aliphatic carbocycles. The third kappa shape index (κ3) is 4.66. The van der Waals surface area contributed by atoms with E-state index in [1.54, 1.807) is 11.8 Å². The zero-order chi connectivity index (χ0) is 17.6. The second-order valence-electron chi connectivity index (χ2n) is 6.59. The van der Waals surface area contributed by atoms with Crippen molar-refractivity contribution in [3.8, 4) is 0 Å². The van der Waals surface area contributed by atoms with E-state index < -0.39 is 0 Å². The summed E-state index contributed by atoms with van der Waals surface area (Å²) in [6.07, 6.45) is 4.37. The normalized spacial score (nSPS) is 21.1. The molecule has 1 saturated heterocycles. The largest absolute Gasteiger partial charge is 0.466 e. The number of nitrogens with zero attached hydrogens (tertiary/aromatic N) is 1. The molecule has 1 amide bonds. The third-order valence-electron chi connectivity index (χ3n) is 4.83.